The number of hydrogen-bond acceptors (Lipinski definition) is 15. The number of hydrogen-bond donors (Lipinski definition) is 3. The molecule has 17 nitrogen and oxygen atoms in total. The fourth-order valence-corrected chi connectivity index (χ4v) is 13.5. The van der Waals surface area contributed by atoms with E-state index < -0.39 is 97.5 Å². The second kappa shape index (κ2) is 70.1. The van der Waals surface area contributed by atoms with E-state index in [2.05, 4.69) is 34.6 Å². The molecule has 0 heterocycles. The lowest BCUT2D eigenvalue weighted by molar-refractivity contribution is -0.161. The summed E-state index contributed by atoms with van der Waals surface area (Å²) in [5.41, 5.74) is 0. The van der Waals surface area contributed by atoms with Gasteiger partial charge in [0.15, 0.2) is 12.2 Å². The molecule has 0 aromatic rings. The number of carbonyl (C=O) groups is 4. The van der Waals surface area contributed by atoms with Crippen LogP contribution in [0.5, 0.6) is 0 Å². The summed E-state index contributed by atoms with van der Waals surface area (Å²) in [6.45, 7) is 7.22. The topological polar surface area (TPSA) is 237 Å². The highest BCUT2D eigenvalue weighted by atomic mass is 31.2. The molecule has 0 aliphatic rings. The van der Waals surface area contributed by atoms with Crippen molar-refractivity contribution in [1.29, 1.82) is 0 Å². The Bertz CT molecular complexity index is 1840. The van der Waals surface area contributed by atoms with Crippen molar-refractivity contribution in [1.82, 2.24) is 0 Å². The number of aliphatic hydroxyl groups is 1. The molecule has 19 heteroatoms. The van der Waals surface area contributed by atoms with E-state index in [1.54, 1.807) is 0 Å². The van der Waals surface area contributed by atoms with Crippen molar-refractivity contribution >= 4 is 39.5 Å². The summed E-state index contributed by atoms with van der Waals surface area (Å²) in [7, 11) is -9.90. The van der Waals surface area contributed by atoms with Crippen LogP contribution in [0.4, 0.5) is 0 Å². The van der Waals surface area contributed by atoms with Gasteiger partial charge >= 0.3 is 39.5 Å². The van der Waals surface area contributed by atoms with Gasteiger partial charge in [0.1, 0.15) is 19.3 Å². The molecule has 0 aromatic carbocycles. The monoisotopic (exact) mass is 1410 g/mol. The van der Waals surface area contributed by atoms with E-state index >= 15 is 0 Å². The van der Waals surface area contributed by atoms with E-state index in [4.69, 9.17) is 37.0 Å². The third kappa shape index (κ3) is 70.5. The predicted octanol–water partition coefficient (Wildman–Crippen LogP) is 22.9. The van der Waals surface area contributed by atoms with Gasteiger partial charge in [-0.2, -0.15) is 0 Å². The lowest BCUT2D eigenvalue weighted by atomic mass is 10.0. The molecule has 0 spiro atoms. The molecule has 0 aromatic heterocycles. The SMILES string of the molecule is CCCCCCCCCCCCCCCCCCCCCCC(=O)O[C@H](COC(=O)CCCCCCCCCCCCCCCCCC)COP(=O)(O)OC[C@@H](O)COP(=O)(O)OC[C@@H](COC(=O)CCCCCCC)OC(=O)CCCCCCCCCCCCCCC(C)C. The van der Waals surface area contributed by atoms with Crippen molar-refractivity contribution in [3.05, 3.63) is 0 Å². The van der Waals surface area contributed by atoms with E-state index in [9.17, 15) is 43.2 Å². The minimum atomic E-state index is -4.96. The second-order valence-electron chi connectivity index (χ2n) is 28.2. The third-order valence-corrected chi connectivity index (χ3v) is 19.9. The summed E-state index contributed by atoms with van der Waals surface area (Å²) < 4.78 is 68.4. The van der Waals surface area contributed by atoms with Gasteiger partial charge in [0.2, 0.25) is 0 Å². The van der Waals surface area contributed by atoms with Crippen molar-refractivity contribution < 1.29 is 80.2 Å². The van der Waals surface area contributed by atoms with E-state index in [-0.39, 0.29) is 25.7 Å². The van der Waals surface area contributed by atoms with Crippen LogP contribution >= 0.6 is 15.6 Å². The van der Waals surface area contributed by atoms with Gasteiger partial charge < -0.3 is 33.8 Å². The van der Waals surface area contributed by atoms with Gasteiger partial charge in [0.25, 0.3) is 0 Å². The molecular weight excluding hydrogens is 1260 g/mol. The van der Waals surface area contributed by atoms with Gasteiger partial charge in [-0.1, -0.05) is 356 Å². The van der Waals surface area contributed by atoms with Crippen LogP contribution in [-0.4, -0.2) is 96.7 Å². The summed E-state index contributed by atoms with van der Waals surface area (Å²) in [6.07, 6.45) is 60.1. The molecular formula is C77H150O17P2. The van der Waals surface area contributed by atoms with Gasteiger partial charge in [-0.3, -0.25) is 37.3 Å². The Morgan fingerprint density at radius 3 is 0.708 bits per heavy atom. The van der Waals surface area contributed by atoms with Crippen LogP contribution in [0, 0.1) is 5.92 Å². The van der Waals surface area contributed by atoms with Gasteiger partial charge in [-0.05, 0) is 31.6 Å². The number of phosphoric ester groups is 2. The fourth-order valence-electron chi connectivity index (χ4n) is 11.9. The summed E-state index contributed by atoms with van der Waals surface area (Å²) in [5, 5.41) is 10.6. The van der Waals surface area contributed by atoms with Crippen LogP contribution in [0.2, 0.25) is 0 Å². The number of unbranched alkanes of at least 4 members (excludes halogenated alkanes) is 49. The molecule has 0 rings (SSSR count). The van der Waals surface area contributed by atoms with E-state index in [0.29, 0.717) is 25.7 Å². The van der Waals surface area contributed by atoms with E-state index in [0.717, 1.165) is 102 Å². The molecule has 570 valence electrons. The number of esters is 4. The van der Waals surface area contributed by atoms with E-state index in [1.807, 2.05) is 0 Å². The van der Waals surface area contributed by atoms with Crippen molar-refractivity contribution in [3.8, 4) is 0 Å². The number of ether oxygens (including phenoxy) is 4. The second-order valence-corrected chi connectivity index (χ2v) is 31.1. The Kier molecular flexibility index (Phi) is 68.7. The molecule has 0 saturated heterocycles. The van der Waals surface area contributed by atoms with Crippen LogP contribution in [0.25, 0.3) is 0 Å². The van der Waals surface area contributed by atoms with Crippen LogP contribution in [0.1, 0.15) is 407 Å². The largest absolute Gasteiger partial charge is 0.472 e. The zero-order valence-electron chi connectivity index (χ0n) is 62.5. The van der Waals surface area contributed by atoms with Crippen LogP contribution in [0.15, 0.2) is 0 Å². The summed E-state index contributed by atoms with van der Waals surface area (Å²) in [5.74, 6) is -1.35. The number of aliphatic hydroxyl groups excluding tert-OH is 1. The quantitative estimate of drug-likeness (QED) is 0.0222. The Labute approximate surface area is 588 Å². The average Bonchev–Trinajstić information content (AvgIpc) is 1.50. The highest BCUT2D eigenvalue weighted by molar-refractivity contribution is 7.47. The normalized spacial score (nSPS) is 13.9. The zero-order valence-corrected chi connectivity index (χ0v) is 64.3. The summed E-state index contributed by atoms with van der Waals surface area (Å²) in [6, 6.07) is 0. The van der Waals surface area contributed by atoms with E-state index in [1.165, 1.54) is 225 Å². The molecule has 0 radical (unpaired) electrons. The maximum Gasteiger partial charge on any atom is 0.472 e. The minimum Gasteiger partial charge on any atom is -0.462 e. The lowest BCUT2D eigenvalue weighted by Crippen LogP contribution is -2.30. The van der Waals surface area contributed by atoms with Gasteiger partial charge in [-0.25, -0.2) is 9.13 Å². The average molecular weight is 1410 g/mol. The first-order chi connectivity index (χ1) is 46.5. The molecule has 2 unspecified atom stereocenters. The van der Waals surface area contributed by atoms with Gasteiger partial charge in [0, 0.05) is 25.7 Å². The molecule has 96 heavy (non-hydrogen) atoms. The summed E-state index contributed by atoms with van der Waals surface area (Å²) >= 11 is 0. The first-order valence-corrected chi connectivity index (χ1v) is 43.1. The maximum atomic E-state index is 13.1. The predicted molar refractivity (Wildman–Crippen MR) is 391 cm³/mol. The highest BCUT2D eigenvalue weighted by Crippen LogP contribution is 2.45. The first-order valence-electron chi connectivity index (χ1n) is 40.1. The van der Waals surface area contributed by atoms with Crippen molar-refractivity contribution in [2.75, 3.05) is 39.6 Å². The summed E-state index contributed by atoms with van der Waals surface area (Å²) in [4.78, 5) is 72.6. The number of carbonyl (C=O) groups excluding carboxylic acids is 4. The Morgan fingerprint density at radius 2 is 0.479 bits per heavy atom. The fraction of sp³-hybridized carbons (Fsp3) is 0.948. The lowest BCUT2D eigenvalue weighted by Gasteiger charge is -2.21. The molecule has 0 fully saturated rings. The molecule has 0 aliphatic heterocycles. The Balaban J connectivity index is 5.13. The van der Waals surface area contributed by atoms with Crippen molar-refractivity contribution in [2.45, 2.75) is 425 Å². The number of rotatable bonds is 77. The Morgan fingerprint density at radius 1 is 0.281 bits per heavy atom. The van der Waals surface area contributed by atoms with Gasteiger partial charge in [0.05, 0.1) is 26.4 Å². The standard InChI is InChI=1S/C77H150O17P2/c1-6-9-12-15-17-19-21-23-25-27-28-29-30-32-34-39-43-47-52-57-63-77(82)94-73(67-88-75(80)61-56-51-46-42-38-33-31-26-24-22-20-18-16-13-10-7-2)69-92-96(85,86)90-65-71(78)64-89-95(83,84)91-68-72(66-87-74(79)60-55-49-14-11-8-3)93-76(81)62-58-53-48-44-40-36-35-37-41-45-50-54-59-70(4)5/h70-73,78H,6-69H2,1-5H3,(H,83,84)(H,85,86)/t71-,72+,73+/m0/s1. The maximum absolute atomic E-state index is 13.1. The van der Waals surface area contributed by atoms with Crippen LogP contribution in [-0.2, 0) is 65.4 Å². The molecule has 0 amide bonds. The molecule has 0 saturated carbocycles. The van der Waals surface area contributed by atoms with Crippen molar-refractivity contribution in [2.24, 2.45) is 5.92 Å². The van der Waals surface area contributed by atoms with Crippen molar-refractivity contribution in [3.63, 3.8) is 0 Å². The molecule has 0 aliphatic carbocycles. The van der Waals surface area contributed by atoms with Crippen LogP contribution < -0.4 is 0 Å². The Hall–Kier alpha value is -1.94. The molecule has 0 bridgehead atoms. The highest BCUT2D eigenvalue weighted by Gasteiger charge is 2.30. The molecule has 3 N–H and O–H groups in total. The third-order valence-electron chi connectivity index (χ3n) is 18.0. The number of phosphoric acid groups is 2. The molecule has 5 atom stereocenters. The van der Waals surface area contributed by atoms with Gasteiger partial charge in [-0.15, -0.1) is 0 Å². The first kappa shape index (κ1) is 94.1. The smallest absolute Gasteiger partial charge is 0.462 e. The minimum absolute atomic E-state index is 0.106. The van der Waals surface area contributed by atoms with Crippen LogP contribution in [0.3, 0.4) is 0 Å². The zero-order chi connectivity index (χ0) is 70.5.